The number of hydrogen-bond donors (Lipinski definition) is 1. The van der Waals surface area contributed by atoms with E-state index in [9.17, 15) is 0 Å². The Morgan fingerprint density at radius 3 is 2.35 bits per heavy atom. The Morgan fingerprint density at radius 2 is 1.74 bits per heavy atom. The summed E-state index contributed by atoms with van der Waals surface area (Å²) in [6.07, 6.45) is 1.65. The first-order chi connectivity index (χ1) is 11.1. The molecule has 122 valence electrons. The minimum atomic E-state index is 0.525. The van der Waals surface area contributed by atoms with Crippen molar-refractivity contribution in [2.45, 2.75) is 6.92 Å². The Labute approximate surface area is 140 Å². The van der Waals surface area contributed by atoms with Gasteiger partial charge < -0.3 is 14.2 Å². The van der Waals surface area contributed by atoms with E-state index in [4.69, 9.17) is 25.8 Å². The Bertz CT molecular complexity index is 717. The van der Waals surface area contributed by atoms with Crippen LogP contribution in [0.5, 0.6) is 17.2 Å². The molecule has 0 saturated heterocycles. The minimum absolute atomic E-state index is 0.525. The highest BCUT2D eigenvalue weighted by Gasteiger charge is 2.14. The Morgan fingerprint density at radius 1 is 1.00 bits per heavy atom. The number of anilines is 1. The zero-order chi connectivity index (χ0) is 16.8. The first-order valence-corrected chi connectivity index (χ1v) is 7.32. The number of halogens is 1. The molecule has 0 bridgehead atoms. The topological polar surface area (TPSA) is 52.1 Å². The lowest BCUT2D eigenvalue weighted by Crippen LogP contribution is -1.99. The van der Waals surface area contributed by atoms with Crippen molar-refractivity contribution in [3.8, 4) is 17.2 Å². The molecule has 0 unspecified atom stereocenters. The van der Waals surface area contributed by atoms with Gasteiger partial charge in [0.2, 0.25) is 5.75 Å². The summed E-state index contributed by atoms with van der Waals surface area (Å²) >= 11 is 6.09. The van der Waals surface area contributed by atoms with Gasteiger partial charge in [0.05, 0.1) is 33.2 Å². The second-order valence-corrected chi connectivity index (χ2v) is 5.16. The van der Waals surface area contributed by atoms with Crippen molar-refractivity contribution in [1.82, 2.24) is 0 Å². The summed E-state index contributed by atoms with van der Waals surface area (Å²) in [5, 5.41) is 4.90. The van der Waals surface area contributed by atoms with Gasteiger partial charge in [-0.25, -0.2) is 0 Å². The maximum atomic E-state index is 6.09. The maximum Gasteiger partial charge on any atom is 0.203 e. The van der Waals surface area contributed by atoms with E-state index in [1.54, 1.807) is 33.6 Å². The lowest BCUT2D eigenvalue weighted by molar-refractivity contribution is 0.324. The van der Waals surface area contributed by atoms with Gasteiger partial charge in [-0.3, -0.25) is 5.43 Å². The van der Waals surface area contributed by atoms with Crippen LogP contribution in [0.1, 0.15) is 11.1 Å². The van der Waals surface area contributed by atoms with Crippen molar-refractivity contribution >= 4 is 23.5 Å². The second kappa shape index (κ2) is 7.74. The van der Waals surface area contributed by atoms with E-state index in [-0.39, 0.29) is 0 Å². The molecule has 0 aliphatic heterocycles. The minimum Gasteiger partial charge on any atom is -0.493 e. The fourth-order valence-corrected chi connectivity index (χ4v) is 2.25. The average Bonchev–Trinajstić information content (AvgIpc) is 2.57. The molecule has 5 nitrogen and oxygen atoms in total. The van der Waals surface area contributed by atoms with E-state index < -0.39 is 0 Å². The smallest absolute Gasteiger partial charge is 0.203 e. The number of rotatable bonds is 6. The van der Waals surface area contributed by atoms with Crippen molar-refractivity contribution in [3.05, 3.63) is 46.5 Å². The standard InChI is InChI=1S/C17H19ClN2O3/c1-11-5-7-13(9-14(11)18)20-19-10-12-6-8-15(21-2)17(23-4)16(12)22-3/h5-10,20H,1-4H3/b19-10+. The quantitative estimate of drug-likeness (QED) is 0.637. The molecule has 2 aromatic carbocycles. The Balaban J connectivity index is 2.23. The van der Waals surface area contributed by atoms with Gasteiger partial charge in [-0.15, -0.1) is 0 Å². The Hall–Kier alpha value is -2.40. The predicted molar refractivity (Wildman–Crippen MR) is 93.5 cm³/mol. The molecule has 0 aromatic heterocycles. The summed E-state index contributed by atoms with van der Waals surface area (Å²) in [6.45, 7) is 1.95. The van der Waals surface area contributed by atoms with Crippen LogP contribution in [0.2, 0.25) is 5.02 Å². The van der Waals surface area contributed by atoms with Crippen molar-refractivity contribution in [2.24, 2.45) is 5.10 Å². The van der Waals surface area contributed by atoms with E-state index in [2.05, 4.69) is 10.5 Å². The highest BCUT2D eigenvalue weighted by Crippen LogP contribution is 2.39. The third-order valence-electron chi connectivity index (χ3n) is 3.30. The summed E-state index contributed by atoms with van der Waals surface area (Å²) in [5.41, 5.74) is 5.51. The van der Waals surface area contributed by atoms with Gasteiger partial charge in [-0.05, 0) is 36.8 Å². The molecule has 0 aliphatic rings. The van der Waals surface area contributed by atoms with Crippen LogP contribution in [0.25, 0.3) is 0 Å². The molecule has 0 amide bonds. The molecule has 2 aromatic rings. The molecule has 0 heterocycles. The van der Waals surface area contributed by atoms with Crippen LogP contribution >= 0.6 is 11.6 Å². The van der Waals surface area contributed by atoms with E-state index in [1.807, 2.05) is 31.2 Å². The van der Waals surface area contributed by atoms with E-state index in [0.717, 1.165) is 16.8 Å². The van der Waals surface area contributed by atoms with E-state index in [1.165, 1.54) is 0 Å². The first kappa shape index (κ1) is 17.0. The largest absolute Gasteiger partial charge is 0.493 e. The molecular formula is C17H19ClN2O3. The fraction of sp³-hybridized carbons (Fsp3) is 0.235. The van der Waals surface area contributed by atoms with Crippen molar-refractivity contribution in [2.75, 3.05) is 26.8 Å². The number of ether oxygens (including phenoxy) is 3. The van der Waals surface area contributed by atoms with Crippen LogP contribution in [0.4, 0.5) is 5.69 Å². The van der Waals surface area contributed by atoms with Gasteiger partial charge >= 0.3 is 0 Å². The Kier molecular flexibility index (Phi) is 5.71. The number of methoxy groups -OCH3 is 3. The third kappa shape index (κ3) is 3.87. The number of hydrazone groups is 1. The van der Waals surface area contributed by atoms with Gasteiger partial charge in [-0.1, -0.05) is 17.7 Å². The normalized spacial score (nSPS) is 10.7. The molecule has 0 saturated carbocycles. The van der Waals surface area contributed by atoms with Gasteiger partial charge in [-0.2, -0.15) is 5.10 Å². The van der Waals surface area contributed by atoms with Crippen LogP contribution in [0.3, 0.4) is 0 Å². The molecule has 1 N–H and O–H groups in total. The van der Waals surface area contributed by atoms with Gasteiger partial charge in [0.1, 0.15) is 0 Å². The summed E-state index contributed by atoms with van der Waals surface area (Å²) in [7, 11) is 4.71. The molecule has 2 rings (SSSR count). The monoisotopic (exact) mass is 334 g/mol. The number of nitrogens with one attached hydrogen (secondary N) is 1. The van der Waals surface area contributed by atoms with E-state index in [0.29, 0.717) is 22.3 Å². The molecule has 0 aliphatic carbocycles. The summed E-state index contributed by atoms with van der Waals surface area (Å²) in [5.74, 6) is 1.68. The first-order valence-electron chi connectivity index (χ1n) is 6.95. The van der Waals surface area contributed by atoms with Crippen LogP contribution in [-0.4, -0.2) is 27.5 Å². The fourth-order valence-electron chi connectivity index (χ4n) is 2.06. The number of nitrogens with zero attached hydrogens (tertiary/aromatic N) is 1. The highest BCUT2D eigenvalue weighted by molar-refractivity contribution is 6.31. The molecule has 6 heteroatoms. The average molecular weight is 335 g/mol. The van der Waals surface area contributed by atoms with Gasteiger partial charge in [0.25, 0.3) is 0 Å². The zero-order valence-corrected chi connectivity index (χ0v) is 14.3. The molecular weight excluding hydrogens is 316 g/mol. The summed E-state index contributed by atoms with van der Waals surface area (Å²) < 4.78 is 16.0. The molecule has 0 radical (unpaired) electrons. The predicted octanol–water partition coefficient (Wildman–Crippen LogP) is 4.12. The van der Waals surface area contributed by atoms with Crippen LogP contribution < -0.4 is 19.6 Å². The third-order valence-corrected chi connectivity index (χ3v) is 3.71. The molecule has 0 fully saturated rings. The van der Waals surface area contributed by atoms with Crippen LogP contribution in [0.15, 0.2) is 35.4 Å². The van der Waals surface area contributed by atoms with Crippen LogP contribution in [0, 0.1) is 6.92 Å². The number of benzene rings is 2. The van der Waals surface area contributed by atoms with Crippen molar-refractivity contribution in [3.63, 3.8) is 0 Å². The number of hydrogen-bond acceptors (Lipinski definition) is 5. The second-order valence-electron chi connectivity index (χ2n) is 4.76. The van der Waals surface area contributed by atoms with Gasteiger partial charge in [0, 0.05) is 10.6 Å². The van der Waals surface area contributed by atoms with Crippen molar-refractivity contribution in [1.29, 1.82) is 0 Å². The van der Waals surface area contributed by atoms with Crippen LogP contribution in [-0.2, 0) is 0 Å². The summed E-state index contributed by atoms with van der Waals surface area (Å²) in [6, 6.07) is 9.29. The molecule has 0 atom stereocenters. The summed E-state index contributed by atoms with van der Waals surface area (Å²) in [4.78, 5) is 0. The SMILES string of the molecule is COc1ccc(/C=N/Nc2ccc(C)c(Cl)c2)c(OC)c1OC. The highest BCUT2D eigenvalue weighted by atomic mass is 35.5. The molecule has 0 spiro atoms. The maximum absolute atomic E-state index is 6.09. The lowest BCUT2D eigenvalue weighted by Gasteiger charge is -2.13. The van der Waals surface area contributed by atoms with E-state index >= 15 is 0 Å². The van der Waals surface area contributed by atoms with Gasteiger partial charge in [0.15, 0.2) is 11.5 Å². The lowest BCUT2D eigenvalue weighted by atomic mass is 10.2. The molecule has 23 heavy (non-hydrogen) atoms. The zero-order valence-electron chi connectivity index (χ0n) is 13.5. The van der Waals surface area contributed by atoms with Crippen molar-refractivity contribution < 1.29 is 14.2 Å². The number of aryl methyl sites for hydroxylation is 1.